The van der Waals surface area contributed by atoms with E-state index in [1.54, 1.807) is 26.8 Å². The molecule has 8 nitrogen and oxygen atoms in total. The molecule has 0 bridgehead atoms. The number of hydrogen-bond acceptors (Lipinski definition) is 6. The van der Waals surface area contributed by atoms with E-state index in [1.807, 2.05) is 0 Å². The van der Waals surface area contributed by atoms with Crippen LogP contribution in [-0.4, -0.2) is 51.9 Å². The second kappa shape index (κ2) is 8.80. The molecule has 0 unspecified atom stereocenters. The minimum Gasteiger partial charge on any atom is -0.454 e. The van der Waals surface area contributed by atoms with E-state index in [2.05, 4.69) is 20.4 Å². The van der Waals surface area contributed by atoms with Gasteiger partial charge in [-0.15, -0.1) is 0 Å². The van der Waals surface area contributed by atoms with E-state index in [1.165, 1.54) is 13.1 Å². The largest absolute Gasteiger partial charge is 0.454 e. The lowest BCUT2D eigenvalue weighted by molar-refractivity contribution is -0.0505. The van der Waals surface area contributed by atoms with Crippen LogP contribution in [0, 0.1) is 0 Å². The minimum absolute atomic E-state index is 0.00576. The number of guanidine groups is 1. The lowest BCUT2D eigenvalue weighted by Crippen LogP contribution is -2.41. The van der Waals surface area contributed by atoms with E-state index in [4.69, 9.17) is 9.47 Å². The third-order valence-corrected chi connectivity index (χ3v) is 6.65. The monoisotopic (exact) mass is 421 g/mol. The highest BCUT2D eigenvalue weighted by Gasteiger charge is 2.28. The molecule has 1 aliphatic heterocycles. The average molecular weight is 421 g/mol. The Morgan fingerprint density at radius 1 is 1.25 bits per heavy atom. The Morgan fingerprint density at radius 2 is 1.89 bits per heavy atom. The van der Waals surface area contributed by atoms with Gasteiger partial charge >= 0.3 is 6.61 Å². The number of rotatable bonds is 7. The Balaban J connectivity index is 2.00. The topological polar surface area (TPSA) is 98.3 Å². The van der Waals surface area contributed by atoms with Crippen molar-refractivity contribution in [2.75, 3.05) is 26.1 Å². The number of sulfone groups is 1. The first-order valence-corrected chi connectivity index (χ1v) is 10.2. The van der Waals surface area contributed by atoms with Crippen LogP contribution in [0.25, 0.3) is 0 Å². The van der Waals surface area contributed by atoms with Gasteiger partial charge in [0.1, 0.15) is 5.75 Å². The number of nitrogens with zero attached hydrogens (tertiary/aromatic N) is 1. The van der Waals surface area contributed by atoms with E-state index in [9.17, 15) is 17.2 Å². The first-order valence-electron chi connectivity index (χ1n) is 8.57. The average Bonchev–Trinajstić information content (AvgIpc) is 3.03. The molecule has 1 aromatic carbocycles. The summed E-state index contributed by atoms with van der Waals surface area (Å²) in [4.78, 5) is 4.00. The zero-order chi connectivity index (χ0) is 20.9. The fraction of sp³-hybridized carbons (Fsp3) is 0.588. The molecule has 1 heterocycles. The number of halogens is 2. The molecule has 0 saturated carbocycles. The fourth-order valence-corrected chi connectivity index (χ4v) is 3.30. The summed E-state index contributed by atoms with van der Waals surface area (Å²) in [6.45, 7) is 2.19. The minimum atomic E-state index is -3.27. The number of fused-ring (bicyclic) bond motifs is 1. The Labute approximate surface area is 163 Å². The van der Waals surface area contributed by atoms with E-state index < -0.39 is 21.2 Å². The number of aliphatic imine (C=N–C) groups is 1. The van der Waals surface area contributed by atoms with Crippen LogP contribution >= 0.6 is 0 Å². The molecule has 158 valence electrons. The van der Waals surface area contributed by atoms with Gasteiger partial charge in [0, 0.05) is 31.8 Å². The van der Waals surface area contributed by atoms with Crippen LogP contribution in [0.2, 0.25) is 0 Å². The van der Waals surface area contributed by atoms with Crippen molar-refractivity contribution >= 4 is 15.8 Å². The van der Waals surface area contributed by atoms with Gasteiger partial charge in [-0.25, -0.2) is 8.42 Å². The van der Waals surface area contributed by atoms with Gasteiger partial charge in [-0.05, 0) is 26.8 Å². The Kier molecular flexibility index (Phi) is 6.91. The van der Waals surface area contributed by atoms with Gasteiger partial charge < -0.3 is 24.8 Å². The molecular formula is C17H25F2N3O5S. The van der Waals surface area contributed by atoms with Crippen molar-refractivity contribution in [3.05, 3.63) is 17.7 Å². The van der Waals surface area contributed by atoms with Gasteiger partial charge in [-0.2, -0.15) is 8.78 Å². The second-order valence-corrected chi connectivity index (χ2v) is 9.84. The highest BCUT2D eigenvalue weighted by Crippen LogP contribution is 2.38. The molecule has 0 spiro atoms. The lowest BCUT2D eigenvalue weighted by Gasteiger charge is -2.20. The van der Waals surface area contributed by atoms with Crippen molar-refractivity contribution in [3.63, 3.8) is 0 Å². The van der Waals surface area contributed by atoms with Gasteiger partial charge in [0.05, 0.1) is 10.5 Å². The molecule has 2 N–H and O–H groups in total. The summed E-state index contributed by atoms with van der Waals surface area (Å²) >= 11 is 0. The molecule has 0 saturated heterocycles. The summed E-state index contributed by atoms with van der Waals surface area (Å²) in [5, 5.41) is 5.83. The van der Waals surface area contributed by atoms with Crippen molar-refractivity contribution in [3.8, 4) is 17.2 Å². The quantitative estimate of drug-likeness (QED) is 0.513. The van der Waals surface area contributed by atoms with Crippen LogP contribution in [0.1, 0.15) is 26.3 Å². The molecule has 0 atom stereocenters. The number of nitrogens with one attached hydrogen (secondary N) is 2. The van der Waals surface area contributed by atoms with E-state index in [0.29, 0.717) is 23.0 Å². The molecule has 2 rings (SSSR count). The maximum Gasteiger partial charge on any atom is 0.387 e. The van der Waals surface area contributed by atoms with Crippen LogP contribution < -0.4 is 24.8 Å². The van der Waals surface area contributed by atoms with Crippen molar-refractivity contribution in [1.29, 1.82) is 0 Å². The molecule has 0 amide bonds. The molecule has 0 radical (unpaired) electrons. The summed E-state index contributed by atoms with van der Waals surface area (Å²) in [5.74, 6) is 0.968. The predicted octanol–water partition coefficient (Wildman–Crippen LogP) is 1.89. The van der Waals surface area contributed by atoms with Crippen LogP contribution in [-0.2, 0) is 16.4 Å². The second-order valence-electron chi connectivity index (χ2n) is 6.98. The number of alkyl halides is 2. The highest BCUT2D eigenvalue weighted by molar-refractivity contribution is 7.92. The normalized spacial score (nSPS) is 14.3. The molecule has 28 heavy (non-hydrogen) atoms. The zero-order valence-corrected chi connectivity index (χ0v) is 17.0. The number of ether oxygens (including phenoxy) is 3. The Hall–Kier alpha value is -2.30. The summed E-state index contributed by atoms with van der Waals surface area (Å²) in [5.41, 5.74) is 0.412. The van der Waals surface area contributed by atoms with Crippen molar-refractivity contribution in [1.82, 2.24) is 10.6 Å². The molecule has 1 aromatic rings. The highest BCUT2D eigenvalue weighted by atomic mass is 32.2. The van der Waals surface area contributed by atoms with Crippen LogP contribution in [0.5, 0.6) is 17.2 Å². The first-order chi connectivity index (χ1) is 13.0. The van der Waals surface area contributed by atoms with Gasteiger partial charge in [0.15, 0.2) is 27.3 Å². The summed E-state index contributed by atoms with van der Waals surface area (Å²) in [6.07, 6.45) is 0. The Bertz CT molecular complexity index is 823. The predicted molar refractivity (Wildman–Crippen MR) is 101 cm³/mol. The van der Waals surface area contributed by atoms with Crippen LogP contribution in [0.3, 0.4) is 0 Å². The summed E-state index contributed by atoms with van der Waals surface area (Å²) in [6, 6.07) is 2.89. The zero-order valence-electron chi connectivity index (χ0n) is 16.2. The first kappa shape index (κ1) is 22.0. The Morgan fingerprint density at radius 3 is 2.46 bits per heavy atom. The standard InChI is InChI=1S/C17H25F2N3O5S/c1-17(2,3)28(23,24)6-5-21-16(20-4)22-9-11-7-13-14(26-10-25-13)8-12(11)27-15(18)19/h7-8,15H,5-6,9-10H2,1-4H3,(H2,20,21,22). The molecule has 0 fully saturated rings. The molecule has 1 aliphatic rings. The SMILES string of the molecule is CN=C(NCCS(=O)(=O)C(C)(C)C)NCc1cc2c(cc1OC(F)F)OCO2. The van der Waals surface area contributed by atoms with Gasteiger partial charge in [0.2, 0.25) is 6.79 Å². The van der Waals surface area contributed by atoms with Gasteiger partial charge in [-0.3, -0.25) is 4.99 Å². The van der Waals surface area contributed by atoms with E-state index in [0.717, 1.165) is 0 Å². The maximum atomic E-state index is 12.7. The third-order valence-electron chi connectivity index (χ3n) is 4.04. The number of benzene rings is 1. The number of hydrogen-bond donors (Lipinski definition) is 2. The maximum absolute atomic E-state index is 12.7. The molecule has 0 aliphatic carbocycles. The summed E-state index contributed by atoms with van der Waals surface area (Å²) < 4.78 is 63.8. The smallest absolute Gasteiger partial charge is 0.387 e. The fourth-order valence-electron chi connectivity index (χ4n) is 2.32. The van der Waals surface area contributed by atoms with Crippen molar-refractivity contribution in [2.45, 2.75) is 38.7 Å². The summed E-state index contributed by atoms with van der Waals surface area (Å²) in [7, 11) is -1.76. The van der Waals surface area contributed by atoms with Crippen molar-refractivity contribution in [2.24, 2.45) is 4.99 Å². The van der Waals surface area contributed by atoms with Gasteiger partial charge in [0.25, 0.3) is 0 Å². The van der Waals surface area contributed by atoms with Gasteiger partial charge in [-0.1, -0.05) is 0 Å². The van der Waals surface area contributed by atoms with E-state index in [-0.39, 0.29) is 31.4 Å². The molecule has 11 heteroatoms. The molecule has 0 aromatic heterocycles. The third kappa shape index (κ3) is 5.60. The van der Waals surface area contributed by atoms with E-state index >= 15 is 0 Å². The molecular weight excluding hydrogens is 396 g/mol. The van der Waals surface area contributed by atoms with Crippen LogP contribution in [0.4, 0.5) is 8.78 Å². The lowest BCUT2D eigenvalue weighted by atomic mass is 10.1. The van der Waals surface area contributed by atoms with Crippen LogP contribution in [0.15, 0.2) is 17.1 Å². The van der Waals surface area contributed by atoms with Crippen molar-refractivity contribution < 1.29 is 31.4 Å².